The fourth-order valence-corrected chi connectivity index (χ4v) is 2.93. The number of nitrogens with zero attached hydrogens (tertiary/aromatic N) is 2. The van der Waals surface area contributed by atoms with Crippen LogP contribution >= 0.6 is 0 Å². The van der Waals surface area contributed by atoms with E-state index >= 15 is 0 Å². The van der Waals surface area contributed by atoms with E-state index in [0.717, 1.165) is 5.56 Å². The van der Waals surface area contributed by atoms with Crippen molar-refractivity contribution in [3.63, 3.8) is 0 Å². The van der Waals surface area contributed by atoms with Gasteiger partial charge in [0.2, 0.25) is 0 Å². The largest absolute Gasteiger partial charge is 0.465 e. The van der Waals surface area contributed by atoms with Crippen LogP contribution in [0.4, 0.5) is 4.39 Å². The van der Waals surface area contributed by atoms with Gasteiger partial charge >= 0.3 is 5.97 Å². The van der Waals surface area contributed by atoms with Crippen molar-refractivity contribution in [3.8, 4) is 5.69 Å². The van der Waals surface area contributed by atoms with Gasteiger partial charge in [0.05, 0.1) is 29.3 Å². The van der Waals surface area contributed by atoms with Crippen LogP contribution in [0.5, 0.6) is 0 Å². The third kappa shape index (κ3) is 2.59. The highest BCUT2D eigenvalue weighted by Crippen LogP contribution is 2.24. The first-order chi connectivity index (χ1) is 11.9. The molecule has 0 aliphatic rings. The zero-order valence-electron chi connectivity index (χ0n) is 14.4. The number of aromatic nitrogens is 2. The lowest BCUT2D eigenvalue weighted by Crippen LogP contribution is -2.24. The van der Waals surface area contributed by atoms with Crippen molar-refractivity contribution in [3.05, 3.63) is 69.0 Å². The van der Waals surface area contributed by atoms with Crippen LogP contribution in [0.25, 0.3) is 16.6 Å². The lowest BCUT2D eigenvalue weighted by atomic mass is 9.99. The zero-order chi connectivity index (χ0) is 18.3. The molecule has 1 aromatic heterocycles. The summed E-state index contributed by atoms with van der Waals surface area (Å²) in [6.07, 6.45) is 0. The van der Waals surface area contributed by atoms with Gasteiger partial charge in [-0.15, -0.1) is 0 Å². The van der Waals surface area contributed by atoms with Gasteiger partial charge in [-0.05, 0) is 50.1 Å². The second-order valence-electron chi connectivity index (χ2n) is 5.83. The molecule has 0 saturated heterocycles. The van der Waals surface area contributed by atoms with Crippen molar-refractivity contribution < 1.29 is 13.9 Å². The minimum absolute atomic E-state index is 0.122. The van der Waals surface area contributed by atoms with E-state index in [2.05, 4.69) is 4.98 Å². The average molecular weight is 340 g/mol. The molecule has 3 rings (SSSR count). The number of carbonyl (C=O) groups is 1. The summed E-state index contributed by atoms with van der Waals surface area (Å²) in [5, 5.41) is 0.248. The Morgan fingerprint density at radius 3 is 2.52 bits per heavy atom. The van der Waals surface area contributed by atoms with E-state index in [0.29, 0.717) is 5.56 Å². The highest BCUT2D eigenvalue weighted by Gasteiger charge is 2.21. The van der Waals surface area contributed by atoms with Crippen LogP contribution < -0.4 is 5.56 Å². The number of aryl methyl sites for hydroxylation is 2. The molecular formula is C19H17FN2O3. The molecule has 5 nitrogen and oxygen atoms in total. The van der Waals surface area contributed by atoms with Gasteiger partial charge in [-0.25, -0.2) is 14.2 Å². The monoisotopic (exact) mass is 340 g/mol. The molecule has 2 aromatic carbocycles. The van der Waals surface area contributed by atoms with Gasteiger partial charge in [0.15, 0.2) is 0 Å². The van der Waals surface area contributed by atoms with Gasteiger partial charge in [0.25, 0.3) is 5.56 Å². The summed E-state index contributed by atoms with van der Waals surface area (Å²) in [4.78, 5) is 29.7. The van der Waals surface area contributed by atoms with Crippen molar-refractivity contribution in [2.75, 3.05) is 7.11 Å². The number of carbonyl (C=O) groups excluding carboxylic acids is 1. The van der Waals surface area contributed by atoms with E-state index in [-0.39, 0.29) is 28.0 Å². The molecule has 0 bridgehead atoms. The molecule has 0 atom stereocenters. The molecule has 25 heavy (non-hydrogen) atoms. The zero-order valence-corrected chi connectivity index (χ0v) is 14.4. The fourth-order valence-electron chi connectivity index (χ4n) is 2.93. The summed E-state index contributed by atoms with van der Waals surface area (Å²) in [7, 11) is 1.28. The molecule has 128 valence electrons. The number of para-hydroxylation sites is 1. The van der Waals surface area contributed by atoms with Crippen molar-refractivity contribution in [1.82, 2.24) is 9.55 Å². The highest BCUT2D eigenvalue weighted by atomic mass is 19.1. The van der Waals surface area contributed by atoms with Crippen LogP contribution in [-0.4, -0.2) is 22.6 Å². The second-order valence-corrected chi connectivity index (χ2v) is 5.83. The summed E-state index contributed by atoms with van der Waals surface area (Å²) in [6.45, 7) is 5.18. The Morgan fingerprint density at radius 2 is 1.88 bits per heavy atom. The normalized spacial score (nSPS) is 10.9. The van der Waals surface area contributed by atoms with Crippen molar-refractivity contribution >= 4 is 16.9 Å². The first kappa shape index (κ1) is 16.8. The summed E-state index contributed by atoms with van der Waals surface area (Å²) < 4.78 is 20.2. The van der Waals surface area contributed by atoms with E-state index in [4.69, 9.17) is 4.74 Å². The Bertz CT molecular complexity index is 1070. The van der Waals surface area contributed by atoms with Crippen LogP contribution in [0.3, 0.4) is 0 Å². The van der Waals surface area contributed by atoms with Crippen LogP contribution in [0.15, 0.2) is 35.1 Å². The lowest BCUT2D eigenvalue weighted by Gasteiger charge is -2.15. The minimum Gasteiger partial charge on any atom is -0.465 e. The molecule has 0 spiro atoms. The Balaban J connectivity index is 2.48. The Kier molecular flexibility index (Phi) is 4.12. The van der Waals surface area contributed by atoms with Crippen molar-refractivity contribution in [2.24, 2.45) is 0 Å². The third-order valence-corrected chi connectivity index (χ3v) is 4.33. The number of halogens is 1. The summed E-state index contributed by atoms with van der Waals surface area (Å²) >= 11 is 0. The van der Waals surface area contributed by atoms with Gasteiger partial charge in [0.1, 0.15) is 11.6 Å². The standard InChI is InChI=1S/C19H17FN2O3/c1-10-9-13-17(16(11(10)2)19(24)25-4)21-12(3)22(18(13)23)15-8-6-5-7-14(15)20/h5-9H,1-4H3. The van der Waals surface area contributed by atoms with E-state index in [9.17, 15) is 14.0 Å². The quantitative estimate of drug-likeness (QED) is 0.672. The lowest BCUT2D eigenvalue weighted by molar-refractivity contribution is 0.0602. The molecule has 0 unspecified atom stereocenters. The van der Waals surface area contributed by atoms with Gasteiger partial charge in [-0.1, -0.05) is 12.1 Å². The topological polar surface area (TPSA) is 61.2 Å². The number of esters is 1. The molecule has 0 amide bonds. The van der Waals surface area contributed by atoms with Crippen LogP contribution in [0, 0.1) is 26.6 Å². The van der Waals surface area contributed by atoms with E-state index < -0.39 is 17.3 Å². The fraction of sp³-hybridized carbons (Fsp3) is 0.211. The summed E-state index contributed by atoms with van der Waals surface area (Å²) in [6, 6.07) is 7.67. The second kappa shape index (κ2) is 6.12. The molecule has 3 aromatic rings. The van der Waals surface area contributed by atoms with Crippen molar-refractivity contribution in [1.29, 1.82) is 0 Å². The predicted molar refractivity (Wildman–Crippen MR) is 92.8 cm³/mol. The van der Waals surface area contributed by atoms with E-state index in [1.54, 1.807) is 39.0 Å². The number of ether oxygens (including phenoxy) is 1. The molecule has 0 fully saturated rings. The van der Waals surface area contributed by atoms with Gasteiger partial charge in [-0.2, -0.15) is 0 Å². The molecule has 0 N–H and O–H groups in total. The number of hydrogen-bond acceptors (Lipinski definition) is 4. The first-order valence-corrected chi connectivity index (χ1v) is 7.73. The number of benzene rings is 2. The maximum Gasteiger partial charge on any atom is 0.340 e. The SMILES string of the molecule is COC(=O)c1c(C)c(C)cc2c(=O)n(-c3ccccc3F)c(C)nc12. The molecule has 6 heteroatoms. The average Bonchev–Trinajstić information content (AvgIpc) is 2.58. The number of fused-ring (bicyclic) bond motifs is 1. The number of rotatable bonds is 2. The molecule has 0 saturated carbocycles. The van der Waals surface area contributed by atoms with Gasteiger partial charge in [0, 0.05) is 0 Å². The third-order valence-electron chi connectivity index (χ3n) is 4.33. The minimum atomic E-state index is -0.554. The Morgan fingerprint density at radius 1 is 1.20 bits per heavy atom. The van der Waals surface area contributed by atoms with Crippen LogP contribution in [0.2, 0.25) is 0 Å². The molecule has 0 radical (unpaired) electrons. The van der Waals surface area contributed by atoms with Gasteiger partial charge < -0.3 is 4.74 Å². The molecule has 0 aliphatic carbocycles. The summed E-state index contributed by atoms with van der Waals surface area (Å²) in [5.74, 6) is -0.789. The highest BCUT2D eigenvalue weighted by molar-refractivity contribution is 6.04. The van der Waals surface area contributed by atoms with Crippen LogP contribution in [-0.2, 0) is 4.74 Å². The number of methoxy groups -OCH3 is 1. The molecule has 1 heterocycles. The Labute approximate surface area is 143 Å². The first-order valence-electron chi connectivity index (χ1n) is 7.73. The Hall–Kier alpha value is -3.02. The van der Waals surface area contributed by atoms with E-state index in [1.165, 1.54) is 23.8 Å². The van der Waals surface area contributed by atoms with E-state index in [1.807, 2.05) is 0 Å². The maximum absolute atomic E-state index is 14.2. The molecular weight excluding hydrogens is 323 g/mol. The summed E-state index contributed by atoms with van der Waals surface area (Å²) in [5.41, 5.74) is 1.69. The maximum atomic E-state index is 14.2. The smallest absolute Gasteiger partial charge is 0.340 e. The van der Waals surface area contributed by atoms with Gasteiger partial charge in [-0.3, -0.25) is 9.36 Å². The molecule has 0 aliphatic heterocycles. The predicted octanol–water partition coefficient (Wildman–Crippen LogP) is 3.24. The van der Waals surface area contributed by atoms with Crippen LogP contribution in [0.1, 0.15) is 27.3 Å². The number of hydrogen-bond donors (Lipinski definition) is 0. The van der Waals surface area contributed by atoms with Crippen molar-refractivity contribution in [2.45, 2.75) is 20.8 Å².